The Labute approximate surface area is 219 Å². The predicted molar refractivity (Wildman–Crippen MR) is 150 cm³/mol. The number of rotatable bonds is 9. The number of ether oxygens (including phenoxy) is 3. The first-order valence-corrected chi connectivity index (χ1v) is 12.2. The Morgan fingerprint density at radius 1 is 0.946 bits per heavy atom. The van der Waals surface area contributed by atoms with E-state index in [0.717, 1.165) is 28.8 Å². The van der Waals surface area contributed by atoms with E-state index in [9.17, 15) is 4.79 Å². The van der Waals surface area contributed by atoms with Crippen molar-refractivity contribution in [2.75, 3.05) is 40.3 Å². The van der Waals surface area contributed by atoms with Crippen molar-refractivity contribution in [1.82, 2.24) is 0 Å². The van der Waals surface area contributed by atoms with E-state index in [4.69, 9.17) is 19.9 Å². The molecule has 3 aromatic rings. The first-order chi connectivity index (χ1) is 17.8. The number of benzene rings is 3. The highest BCUT2D eigenvalue weighted by Gasteiger charge is 2.34. The van der Waals surface area contributed by atoms with Crippen molar-refractivity contribution in [2.45, 2.75) is 19.3 Å². The summed E-state index contributed by atoms with van der Waals surface area (Å²) >= 11 is 0. The number of hydrogen-bond acceptors (Lipinski definition) is 5. The number of carbonyl (C=O) groups excluding carboxylic acids is 1. The number of methoxy groups -OCH3 is 3. The van der Waals surface area contributed by atoms with Crippen LogP contribution in [0.25, 0.3) is 11.6 Å². The number of nitrogens with two attached hydrogens (primary N) is 1. The summed E-state index contributed by atoms with van der Waals surface area (Å²) in [4.78, 5) is 15.1. The number of primary amides is 1. The molecule has 1 atom stereocenters. The van der Waals surface area contributed by atoms with Crippen molar-refractivity contribution in [3.8, 4) is 17.2 Å². The summed E-state index contributed by atoms with van der Waals surface area (Å²) in [6.07, 6.45) is 2.55. The molecule has 4 rings (SSSR count). The second-order valence-corrected chi connectivity index (χ2v) is 9.33. The highest BCUT2D eigenvalue weighted by molar-refractivity contribution is 6.02. The molecule has 0 saturated heterocycles. The maximum atomic E-state index is 13.0. The minimum Gasteiger partial charge on any atom is -0.496 e. The SMILES string of the molecule is COc1cc(OC)c(C=C(C(N)=O)C2C(C)=C(Cc3ccccc3)c3cc(N(C)C)ccc32)c(OC)c1. The lowest BCUT2D eigenvalue weighted by Gasteiger charge is -2.20. The van der Waals surface area contributed by atoms with Crippen LogP contribution in [0.4, 0.5) is 5.69 Å². The normalized spacial score (nSPS) is 14.9. The molecule has 1 unspecified atom stereocenters. The molecule has 0 aliphatic heterocycles. The van der Waals surface area contributed by atoms with Gasteiger partial charge in [0.1, 0.15) is 17.2 Å². The minimum absolute atomic E-state index is 0.293. The Bertz CT molecular complexity index is 1350. The quantitative estimate of drug-likeness (QED) is 0.397. The van der Waals surface area contributed by atoms with Crippen molar-refractivity contribution in [3.05, 3.63) is 94.1 Å². The summed E-state index contributed by atoms with van der Waals surface area (Å²) in [7, 11) is 8.79. The Balaban J connectivity index is 1.93. The minimum atomic E-state index is -0.493. The molecule has 0 fully saturated rings. The van der Waals surface area contributed by atoms with E-state index in [2.05, 4.69) is 42.2 Å². The second-order valence-electron chi connectivity index (χ2n) is 9.33. The van der Waals surface area contributed by atoms with Gasteiger partial charge in [-0.3, -0.25) is 4.79 Å². The van der Waals surface area contributed by atoms with Gasteiger partial charge >= 0.3 is 0 Å². The Morgan fingerprint density at radius 2 is 1.59 bits per heavy atom. The zero-order chi connectivity index (χ0) is 26.7. The van der Waals surface area contributed by atoms with E-state index in [1.807, 2.05) is 32.3 Å². The second kappa shape index (κ2) is 10.8. The first kappa shape index (κ1) is 25.9. The van der Waals surface area contributed by atoms with Gasteiger partial charge in [0.25, 0.3) is 0 Å². The van der Waals surface area contributed by atoms with Gasteiger partial charge in [0.2, 0.25) is 5.91 Å². The number of allylic oxidation sites excluding steroid dienone is 2. The summed E-state index contributed by atoms with van der Waals surface area (Å²) in [5.74, 6) is 0.867. The predicted octanol–water partition coefficient (Wildman–Crippen LogP) is 5.46. The summed E-state index contributed by atoms with van der Waals surface area (Å²) in [6.45, 7) is 2.09. The van der Waals surface area contributed by atoms with Crippen LogP contribution in [0, 0.1) is 0 Å². The summed E-state index contributed by atoms with van der Waals surface area (Å²) in [5, 5.41) is 0. The molecule has 1 aliphatic carbocycles. The summed E-state index contributed by atoms with van der Waals surface area (Å²) in [5.41, 5.74) is 14.0. The molecule has 192 valence electrons. The number of fused-ring (bicyclic) bond motifs is 1. The average Bonchev–Trinajstić information content (AvgIpc) is 3.17. The summed E-state index contributed by atoms with van der Waals surface area (Å²) < 4.78 is 16.7. The third kappa shape index (κ3) is 5.05. The van der Waals surface area contributed by atoms with Crippen LogP contribution in [0.15, 0.2) is 71.8 Å². The van der Waals surface area contributed by atoms with E-state index in [-0.39, 0.29) is 5.92 Å². The standard InChI is InChI=1S/C31H34N2O4/c1-19-24(14-20-10-8-7-9-11-20)25-15-21(33(2)3)12-13-23(25)30(19)27(31(32)34)18-26-28(36-5)16-22(35-4)17-29(26)37-6/h7-13,15-18,30H,14H2,1-6H3,(H2,32,34). The van der Waals surface area contributed by atoms with Gasteiger partial charge in [-0.15, -0.1) is 0 Å². The van der Waals surface area contributed by atoms with Gasteiger partial charge in [0.15, 0.2) is 0 Å². The fourth-order valence-electron chi connectivity index (χ4n) is 5.02. The van der Waals surface area contributed by atoms with Gasteiger partial charge in [-0.05, 0) is 53.8 Å². The third-order valence-corrected chi connectivity index (χ3v) is 6.97. The van der Waals surface area contributed by atoms with Gasteiger partial charge in [0.05, 0.1) is 26.9 Å². The van der Waals surface area contributed by atoms with Crippen molar-refractivity contribution in [3.63, 3.8) is 0 Å². The average molecular weight is 499 g/mol. The molecule has 1 amide bonds. The van der Waals surface area contributed by atoms with Crippen LogP contribution < -0.4 is 24.8 Å². The molecule has 0 aromatic heterocycles. The molecule has 6 heteroatoms. The van der Waals surface area contributed by atoms with Crippen LogP contribution >= 0.6 is 0 Å². The number of nitrogens with zero attached hydrogens (tertiary/aromatic N) is 1. The first-order valence-electron chi connectivity index (χ1n) is 12.2. The molecule has 0 saturated carbocycles. The van der Waals surface area contributed by atoms with Gasteiger partial charge in [-0.25, -0.2) is 0 Å². The topological polar surface area (TPSA) is 74.0 Å². The highest BCUT2D eigenvalue weighted by atomic mass is 16.5. The fourth-order valence-corrected chi connectivity index (χ4v) is 5.02. The van der Waals surface area contributed by atoms with E-state index in [1.54, 1.807) is 39.5 Å². The van der Waals surface area contributed by atoms with Crippen LogP contribution in [0.5, 0.6) is 17.2 Å². The van der Waals surface area contributed by atoms with Gasteiger partial charge < -0.3 is 24.8 Å². The summed E-state index contributed by atoms with van der Waals surface area (Å²) in [6, 6.07) is 20.3. The highest BCUT2D eigenvalue weighted by Crippen LogP contribution is 2.49. The Kier molecular flexibility index (Phi) is 7.58. The third-order valence-electron chi connectivity index (χ3n) is 6.97. The fraction of sp³-hybridized carbons (Fsp3) is 0.258. The largest absolute Gasteiger partial charge is 0.496 e. The van der Waals surface area contributed by atoms with Crippen LogP contribution in [-0.2, 0) is 11.2 Å². The molecular weight excluding hydrogens is 464 g/mol. The molecule has 0 spiro atoms. The van der Waals surface area contributed by atoms with Crippen molar-refractivity contribution >= 4 is 23.2 Å². The van der Waals surface area contributed by atoms with Crippen LogP contribution in [0.1, 0.15) is 35.1 Å². The number of anilines is 1. The zero-order valence-corrected chi connectivity index (χ0v) is 22.3. The van der Waals surface area contributed by atoms with Crippen molar-refractivity contribution in [2.24, 2.45) is 5.73 Å². The molecule has 2 N–H and O–H groups in total. The Morgan fingerprint density at radius 3 is 2.14 bits per heavy atom. The smallest absolute Gasteiger partial charge is 0.245 e. The molecule has 1 aliphatic rings. The molecule has 6 nitrogen and oxygen atoms in total. The van der Waals surface area contributed by atoms with E-state index in [0.29, 0.717) is 28.4 Å². The van der Waals surface area contributed by atoms with E-state index in [1.165, 1.54) is 11.1 Å². The van der Waals surface area contributed by atoms with Crippen LogP contribution in [-0.4, -0.2) is 41.3 Å². The number of amides is 1. The molecule has 0 heterocycles. The van der Waals surface area contributed by atoms with E-state index < -0.39 is 5.91 Å². The number of hydrogen-bond donors (Lipinski definition) is 1. The van der Waals surface area contributed by atoms with Crippen LogP contribution in [0.2, 0.25) is 0 Å². The van der Waals surface area contributed by atoms with Crippen LogP contribution in [0.3, 0.4) is 0 Å². The van der Waals surface area contributed by atoms with Crippen molar-refractivity contribution in [1.29, 1.82) is 0 Å². The van der Waals surface area contributed by atoms with Crippen molar-refractivity contribution < 1.29 is 19.0 Å². The lowest BCUT2D eigenvalue weighted by molar-refractivity contribution is -0.114. The lowest BCUT2D eigenvalue weighted by atomic mass is 9.86. The number of carbonyl (C=O) groups is 1. The van der Waals surface area contributed by atoms with Gasteiger partial charge in [0, 0.05) is 43.4 Å². The molecule has 0 radical (unpaired) electrons. The lowest BCUT2D eigenvalue weighted by Crippen LogP contribution is -2.20. The van der Waals surface area contributed by atoms with Gasteiger partial charge in [-0.1, -0.05) is 42.0 Å². The van der Waals surface area contributed by atoms with E-state index >= 15 is 0 Å². The molecule has 37 heavy (non-hydrogen) atoms. The monoisotopic (exact) mass is 498 g/mol. The maximum absolute atomic E-state index is 13.0. The molecule has 0 bridgehead atoms. The maximum Gasteiger partial charge on any atom is 0.245 e. The molecular formula is C31H34N2O4. The zero-order valence-electron chi connectivity index (χ0n) is 22.3. The Hall–Kier alpha value is -4.19. The molecule has 3 aromatic carbocycles. The van der Waals surface area contributed by atoms with Gasteiger partial charge in [-0.2, -0.15) is 0 Å².